The van der Waals surface area contributed by atoms with Gasteiger partial charge in [0.2, 0.25) is 11.8 Å². The van der Waals surface area contributed by atoms with Gasteiger partial charge in [0.05, 0.1) is 12.1 Å². The van der Waals surface area contributed by atoms with Crippen molar-refractivity contribution in [1.82, 2.24) is 34.9 Å². The fourth-order valence-electron chi connectivity index (χ4n) is 6.28. The molecule has 2 aliphatic rings. The van der Waals surface area contributed by atoms with Crippen LogP contribution in [0.2, 0.25) is 5.15 Å². The number of carbonyl (C=O) groups is 2. The largest absolute Gasteiger partial charge is 0.368 e. The molecule has 12 heteroatoms. The van der Waals surface area contributed by atoms with Crippen LogP contribution in [-0.2, 0) is 9.59 Å². The number of nitrogens with zero attached hydrogens (tertiary/aromatic N) is 7. The van der Waals surface area contributed by atoms with Crippen LogP contribution in [0.1, 0.15) is 6.42 Å². The first kappa shape index (κ1) is 30.3. The normalized spacial score (nSPS) is 18.3. The Morgan fingerprint density at radius 1 is 0.936 bits per heavy atom. The van der Waals surface area contributed by atoms with E-state index in [0.29, 0.717) is 55.0 Å². The molecule has 0 spiro atoms. The summed E-state index contributed by atoms with van der Waals surface area (Å²) in [5.74, 6) is 3.24. The molecule has 0 saturated carbocycles. The van der Waals surface area contributed by atoms with E-state index in [9.17, 15) is 9.59 Å². The standard InChI is InChI=1S/C35H32ClN9O2/c1-2-35(34(47)40-26-6-9-29-28(21-26)32(42-41-29)25-10-14-37-30(36)20-25)11-15-43(23-35)22-31(46)45-18-16-44(17-19-45)27-7-4-24(5-8-27)33-38-12-3-13-39-33/h1,3-10,12-14,20-21H,11,15-19,22-23H2,(H,40,47)(H,41,42). The maximum atomic E-state index is 13.6. The zero-order valence-corrected chi connectivity index (χ0v) is 26.3. The minimum atomic E-state index is -1.04. The van der Waals surface area contributed by atoms with Crippen molar-refractivity contribution in [3.63, 3.8) is 0 Å². The number of nitrogens with one attached hydrogen (secondary N) is 2. The third kappa shape index (κ3) is 6.25. The van der Waals surface area contributed by atoms with Crippen LogP contribution in [0.5, 0.6) is 0 Å². The van der Waals surface area contributed by atoms with E-state index in [2.05, 4.69) is 53.4 Å². The number of carbonyl (C=O) groups excluding carboxylic acids is 2. The Balaban J connectivity index is 0.944. The number of hydrogen-bond acceptors (Lipinski definition) is 8. The number of fused-ring (bicyclic) bond motifs is 1. The van der Waals surface area contributed by atoms with Crippen molar-refractivity contribution < 1.29 is 9.59 Å². The average molecular weight is 646 g/mol. The number of aromatic amines is 1. The summed E-state index contributed by atoms with van der Waals surface area (Å²) in [6, 6.07) is 19.1. The Morgan fingerprint density at radius 3 is 2.47 bits per heavy atom. The van der Waals surface area contributed by atoms with Gasteiger partial charge >= 0.3 is 0 Å². The monoisotopic (exact) mass is 645 g/mol. The van der Waals surface area contributed by atoms with Crippen LogP contribution in [0.3, 0.4) is 0 Å². The van der Waals surface area contributed by atoms with Gasteiger partial charge in [-0.1, -0.05) is 17.5 Å². The molecule has 2 fully saturated rings. The van der Waals surface area contributed by atoms with Crippen molar-refractivity contribution in [3.8, 4) is 35.0 Å². The van der Waals surface area contributed by atoms with Gasteiger partial charge in [-0.2, -0.15) is 5.10 Å². The van der Waals surface area contributed by atoms with Gasteiger partial charge < -0.3 is 15.1 Å². The predicted octanol–water partition coefficient (Wildman–Crippen LogP) is 4.35. The van der Waals surface area contributed by atoms with Crippen LogP contribution >= 0.6 is 11.6 Å². The summed E-state index contributed by atoms with van der Waals surface area (Å²) in [6.07, 6.45) is 11.5. The lowest BCUT2D eigenvalue weighted by Crippen LogP contribution is -2.51. The highest BCUT2D eigenvalue weighted by atomic mass is 35.5. The summed E-state index contributed by atoms with van der Waals surface area (Å²) in [6.45, 7) is 3.83. The molecule has 2 aromatic carbocycles. The Labute approximate surface area is 277 Å². The van der Waals surface area contributed by atoms with E-state index in [1.54, 1.807) is 30.7 Å². The van der Waals surface area contributed by atoms with E-state index < -0.39 is 5.41 Å². The molecule has 11 nitrogen and oxygen atoms in total. The molecular weight excluding hydrogens is 614 g/mol. The van der Waals surface area contributed by atoms with Crippen LogP contribution in [0.15, 0.2) is 79.3 Å². The maximum Gasteiger partial charge on any atom is 0.244 e. The lowest BCUT2D eigenvalue weighted by molar-refractivity contribution is -0.133. The molecule has 0 aliphatic carbocycles. The van der Waals surface area contributed by atoms with E-state index in [0.717, 1.165) is 40.8 Å². The summed E-state index contributed by atoms with van der Waals surface area (Å²) in [5, 5.41) is 11.7. The molecule has 236 valence electrons. The molecule has 2 aliphatic heterocycles. The number of pyridine rings is 1. The SMILES string of the molecule is C#CC1(C(=O)Nc2ccc3[nH]nc(-c4ccnc(Cl)c4)c3c2)CCN(CC(=O)N2CCN(c3ccc(-c4ncccn4)cc3)CC2)C1. The summed E-state index contributed by atoms with van der Waals surface area (Å²) in [7, 11) is 0. The maximum absolute atomic E-state index is 13.6. The van der Waals surface area contributed by atoms with E-state index in [1.807, 2.05) is 46.2 Å². The number of amides is 2. The molecular formula is C35H32ClN9O2. The highest BCUT2D eigenvalue weighted by molar-refractivity contribution is 6.29. The summed E-state index contributed by atoms with van der Waals surface area (Å²) in [4.78, 5) is 45.7. The van der Waals surface area contributed by atoms with E-state index in [1.165, 1.54) is 0 Å². The lowest BCUT2D eigenvalue weighted by Gasteiger charge is -2.37. The van der Waals surface area contributed by atoms with Crippen LogP contribution < -0.4 is 10.2 Å². The van der Waals surface area contributed by atoms with E-state index >= 15 is 0 Å². The number of H-pyrrole nitrogens is 1. The van der Waals surface area contributed by atoms with Gasteiger partial charge in [0.15, 0.2) is 5.82 Å². The van der Waals surface area contributed by atoms with Gasteiger partial charge in [-0.15, -0.1) is 6.42 Å². The van der Waals surface area contributed by atoms with Gasteiger partial charge in [-0.05, 0) is 67.1 Å². The molecule has 0 bridgehead atoms. The van der Waals surface area contributed by atoms with Crippen molar-refractivity contribution in [2.45, 2.75) is 6.42 Å². The van der Waals surface area contributed by atoms with E-state index in [-0.39, 0.29) is 18.4 Å². The van der Waals surface area contributed by atoms with Crippen LogP contribution in [0, 0.1) is 17.8 Å². The molecule has 0 radical (unpaired) electrons. The summed E-state index contributed by atoms with van der Waals surface area (Å²) < 4.78 is 0. The fourth-order valence-corrected chi connectivity index (χ4v) is 6.45. The fraction of sp³-hybridized carbons (Fsp3) is 0.257. The second kappa shape index (κ2) is 12.8. The number of aromatic nitrogens is 5. The second-order valence-corrected chi connectivity index (χ2v) is 12.2. The highest BCUT2D eigenvalue weighted by Crippen LogP contribution is 2.33. The molecule has 5 heterocycles. The topological polar surface area (TPSA) is 123 Å². The third-order valence-electron chi connectivity index (χ3n) is 8.93. The quantitative estimate of drug-likeness (QED) is 0.198. The summed E-state index contributed by atoms with van der Waals surface area (Å²) in [5.41, 5.74) is 3.97. The Kier molecular flexibility index (Phi) is 8.28. The lowest BCUT2D eigenvalue weighted by atomic mass is 9.87. The van der Waals surface area contributed by atoms with Crippen LogP contribution in [0.4, 0.5) is 11.4 Å². The molecule has 2 saturated heterocycles. The minimum absolute atomic E-state index is 0.0450. The number of halogens is 1. The number of rotatable bonds is 7. The van der Waals surface area contributed by atoms with Crippen molar-refractivity contribution in [2.75, 3.05) is 56.0 Å². The molecule has 3 aromatic heterocycles. The molecule has 47 heavy (non-hydrogen) atoms. The van der Waals surface area contributed by atoms with Gasteiger partial charge in [0, 0.05) is 85.7 Å². The molecule has 2 amide bonds. The Hall–Kier alpha value is -5.31. The van der Waals surface area contributed by atoms with Crippen molar-refractivity contribution in [2.24, 2.45) is 5.41 Å². The van der Waals surface area contributed by atoms with Crippen molar-refractivity contribution in [1.29, 1.82) is 0 Å². The number of hydrogen-bond donors (Lipinski definition) is 2. The first-order chi connectivity index (χ1) is 22.9. The zero-order valence-electron chi connectivity index (χ0n) is 25.6. The van der Waals surface area contributed by atoms with E-state index in [4.69, 9.17) is 18.0 Å². The number of likely N-dealkylation sites (tertiary alicyclic amines) is 1. The van der Waals surface area contributed by atoms with Crippen molar-refractivity contribution in [3.05, 3.63) is 84.4 Å². The minimum Gasteiger partial charge on any atom is -0.368 e. The predicted molar refractivity (Wildman–Crippen MR) is 182 cm³/mol. The van der Waals surface area contributed by atoms with Gasteiger partial charge in [0.25, 0.3) is 0 Å². The van der Waals surface area contributed by atoms with Gasteiger partial charge in [-0.3, -0.25) is 19.6 Å². The smallest absolute Gasteiger partial charge is 0.244 e. The highest BCUT2D eigenvalue weighted by Gasteiger charge is 2.44. The first-order valence-corrected chi connectivity index (χ1v) is 15.8. The molecule has 7 rings (SSSR count). The number of piperazine rings is 1. The second-order valence-electron chi connectivity index (χ2n) is 11.8. The van der Waals surface area contributed by atoms with Crippen LogP contribution in [-0.4, -0.2) is 92.6 Å². The summed E-state index contributed by atoms with van der Waals surface area (Å²) >= 11 is 6.10. The van der Waals surface area contributed by atoms with Crippen molar-refractivity contribution >= 4 is 45.7 Å². The van der Waals surface area contributed by atoms with Crippen LogP contribution in [0.25, 0.3) is 33.5 Å². The Morgan fingerprint density at radius 2 is 1.72 bits per heavy atom. The zero-order chi connectivity index (χ0) is 32.4. The molecule has 2 N–H and O–H groups in total. The average Bonchev–Trinajstić information content (AvgIpc) is 3.73. The molecule has 5 aromatic rings. The Bertz CT molecular complexity index is 1970. The molecule has 1 atom stereocenters. The van der Waals surface area contributed by atoms with Gasteiger partial charge in [-0.25, -0.2) is 15.0 Å². The third-order valence-corrected chi connectivity index (χ3v) is 9.13. The number of terminal acetylenes is 1. The first-order valence-electron chi connectivity index (χ1n) is 15.4. The molecule has 1 unspecified atom stereocenters. The number of anilines is 2. The number of benzene rings is 2. The van der Waals surface area contributed by atoms with Gasteiger partial charge in [0.1, 0.15) is 16.3 Å².